The van der Waals surface area contributed by atoms with E-state index in [-0.39, 0.29) is 61.2 Å². The minimum atomic E-state index is -5.62. The lowest BCUT2D eigenvalue weighted by Crippen LogP contribution is -2.34. The fourth-order valence-corrected chi connectivity index (χ4v) is 5.98. The Morgan fingerprint density at radius 2 is 0.797 bits per heavy atom. The molecule has 0 aliphatic heterocycles. The van der Waals surface area contributed by atoms with Gasteiger partial charge in [-0.1, -0.05) is 12.1 Å². The third kappa shape index (κ3) is 21.2. The quantitative estimate of drug-likeness (QED) is 0.0343. The van der Waals surface area contributed by atoms with Crippen LogP contribution in [0.3, 0.4) is 0 Å². The number of aliphatic hydroxyl groups is 1. The van der Waals surface area contributed by atoms with Gasteiger partial charge in [0, 0.05) is 29.5 Å². The Balaban J connectivity index is 0.000000511. The summed E-state index contributed by atoms with van der Waals surface area (Å²) in [5, 5.41) is 17.3. The number of aromatic nitrogens is 5. The van der Waals surface area contributed by atoms with E-state index in [0.717, 1.165) is 0 Å². The summed E-state index contributed by atoms with van der Waals surface area (Å²) in [4.78, 5) is 115. The van der Waals surface area contributed by atoms with E-state index >= 15 is 0 Å². The zero-order valence-electron chi connectivity index (χ0n) is 43.0. The molecule has 0 spiro atoms. The van der Waals surface area contributed by atoms with E-state index in [1.807, 2.05) is 18.2 Å². The Bertz CT molecular complexity index is 2900. The van der Waals surface area contributed by atoms with Crippen LogP contribution in [-0.2, 0) is 56.0 Å². The van der Waals surface area contributed by atoms with Gasteiger partial charge in [-0.3, -0.25) is 9.97 Å². The Kier molecular flexibility index (Phi) is 26.5. The standard InChI is InChI=1S/C16H18N2O4.C12H12F3NO5.C10H13NO4.C6H7NO.C4F6O3/c1-4-21-15(19)13-10(2)14(18-11(13)3)16(20)22-9-12-7-5-6-8-17-12;1-4-20-9(17)7-5(2)8(16-6(7)3)10(18)21-11(19)12(13,14)15;1-4-15-10(14)7-5(2)8(9(12)13)11-6(7)3;8-5-6-3-1-2-4-7-6;5-3(6,7)1(11)13-2(12)4(8,9)10/h5-8,18H,4,9H2,1-3H3;16H,4H2,1-3H3;11H,4H2,1-3H3,(H,12,13);1-4,8H,5H2;. The van der Waals surface area contributed by atoms with Crippen LogP contribution in [0.2, 0.25) is 0 Å². The smallest absolute Gasteiger partial charge is 0.477 e. The number of aliphatic hydroxyl groups excluding tert-OH is 1. The average molecular weight is 1140 g/mol. The number of carboxylic acid groups (broad SMARTS) is 1. The van der Waals surface area contributed by atoms with Crippen molar-refractivity contribution in [2.75, 3.05) is 19.8 Å². The largest absolute Gasteiger partial charge is 0.491 e. The van der Waals surface area contributed by atoms with Crippen LogP contribution in [0.25, 0.3) is 0 Å². The summed E-state index contributed by atoms with van der Waals surface area (Å²) in [7, 11) is 0. The van der Waals surface area contributed by atoms with Crippen LogP contribution >= 0.6 is 0 Å². The first-order valence-electron chi connectivity index (χ1n) is 22.2. The second kappa shape index (κ2) is 30.7. The zero-order valence-corrected chi connectivity index (χ0v) is 43.0. The summed E-state index contributed by atoms with van der Waals surface area (Å²) >= 11 is 0. The lowest BCUT2D eigenvalue weighted by Gasteiger charge is -2.06. The molecule has 5 heterocycles. The predicted octanol–water partition coefficient (Wildman–Crippen LogP) is 7.88. The molecular formula is C48H50F9N5O17. The van der Waals surface area contributed by atoms with E-state index in [1.54, 1.807) is 79.1 Å². The molecule has 79 heavy (non-hydrogen) atoms. The molecule has 31 heteroatoms. The molecule has 0 bridgehead atoms. The first-order valence-corrected chi connectivity index (χ1v) is 22.2. The number of esters is 8. The van der Waals surface area contributed by atoms with Crippen molar-refractivity contribution in [3.05, 3.63) is 128 Å². The predicted molar refractivity (Wildman–Crippen MR) is 249 cm³/mol. The second-order valence-electron chi connectivity index (χ2n) is 15.1. The number of aryl methyl sites for hydroxylation is 3. The number of nitrogens with one attached hydrogen (secondary N) is 3. The van der Waals surface area contributed by atoms with Gasteiger partial charge < -0.3 is 53.6 Å². The van der Waals surface area contributed by atoms with Gasteiger partial charge in [-0.05, 0) is 103 Å². The van der Waals surface area contributed by atoms with Crippen LogP contribution in [0.15, 0.2) is 48.8 Å². The van der Waals surface area contributed by atoms with Crippen LogP contribution in [-0.4, -0.2) is 127 Å². The number of aromatic carboxylic acids is 1. The first-order chi connectivity index (χ1) is 36.6. The number of halogens is 9. The van der Waals surface area contributed by atoms with E-state index in [1.165, 1.54) is 13.8 Å². The van der Waals surface area contributed by atoms with Crippen molar-refractivity contribution in [2.45, 2.75) is 94.1 Å². The van der Waals surface area contributed by atoms with E-state index in [2.05, 4.69) is 34.4 Å². The molecule has 0 atom stereocenters. The Morgan fingerprint density at radius 1 is 0.468 bits per heavy atom. The number of carboxylic acids is 1. The van der Waals surface area contributed by atoms with E-state index in [0.29, 0.717) is 45.0 Å². The molecule has 432 valence electrons. The number of carbonyl (C=O) groups excluding carboxylic acids is 8. The molecule has 5 N–H and O–H groups in total. The summed E-state index contributed by atoms with van der Waals surface area (Å²) in [6.45, 7) is 15.1. The lowest BCUT2D eigenvalue weighted by molar-refractivity contribution is -0.221. The molecule has 0 unspecified atom stereocenters. The number of ether oxygens (including phenoxy) is 6. The SMILES string of the molecule is CCOC(=O)c1c(C)[nH]c(C(=O)O)c1C.CCOC(=O)c1c(C)[nH]c(C(=O)OC(=O)C(F)(F)F)c1C.CCOC(=O)c1c(C)[nH]c(C(=O)OCc2ccccn2)c1C.O=C(OC(=O)C(F)(F)F)C(F)(F)F.OCc1ccccn1. The van der Waals surface area contributed by atoms with Gasteiger partial charge in [0.05, 0.1) is 54.5 Å². The molecule has 0 aliphatic rings. The fraction of sp³-hybridized carbons (Fsp3) is 0.354. The summed E-state index contributed by atoms with van der Waals surface area (Å²) in [6.07, 6.45) is -13.2. The minimum Gasteiger partial charge on any atom is -0.477 e. The van der Waals surface area contributed by atoms with Crippen LogP contribution in [0.5, 0.6) is 0 Å². The number of H-pyrrole nitrogens is 3. The molecule has 5 aromatic heterocycles. The third-order valence-corrected chi connectivity index (χ3v) is 9.40. The molecule has 22 nitrogen and oxygen atoms in total. The monoisotopic (exact) mass is 1140 g/mol. The summed E-state index contributed by atoms with van der Waals surface area (Å²) in [5.74, 6) is -13.8. The normalized spacial score (nSPS) is 10.7. The molecule has 5 aromatic rings. The minimum absolute atomic E-state index is 0.0169. The molecule has 0 aliphatic carbocycles. The van der Waals surface area contributed by atoms with E-state index in [4.69, 9.17) is 29.2 Å². The maximum Gasteiger partial charge on any atom is 0.491 e. The highest BCUT2D eigenvalue weighted by Crippen LogP contribution is 2.25. The average Bonchev–Trinajstić information content (AvgIpc) is 3.99. The van der Waals surface area contributed by atoms with E-state index < -0.39 is 77.9 Å². The molecule has 0 saturated carbocycles. The maximum atomic E-state index is 12.2. The van der Waals surface area contributed by atoms with Crippen molar-refractivity contribution in [3.63, 3.8) is 0 Å². The first kappa shape index (κ1) is 68.1. The summed E-state index contributed by atoms with van der Waals surface area (Å²) in [6, 6.07) is 10.8. The number of rotatable bonds is 12. The van der Waals surface area contributed by atoms with Crippen LogP contribution in [0.4, 0.5) is 39.5 Å². The van der Waals surface area contributed by atoms with Gasteiger partial charge in [0.1, 0.15) is 23.7 Å². The third-order valence-electron chi connectivity index (χ3n) is 9.40. The zero-order chi connectivity index (χ0) is 60.7. The van der Waals surface area contributed by atoms with Crippen molar-refractivity contribution in [1.29, 1.82) is 0 Å². The van der Waals surface area contributed by atoms with Crippen molar-refractivity contribution in [1.82, 2.24) is 24.9 Å². The van der Waals surface area contributed by atoms with Crippen molar-refractivity contribution < 1.29 is 121 Å². The van der Waals surface area contributed by atoms with Gasteiger partial charge in [0.15, 0.2) is 0 Å². The van der Waals surface area contributed by atoms with Gasteiger partial charge >= 0.3 is 72.3 Å². The Hall–Kier alpha value is -8.90. The summed E-state index contributed by atoms with van der Waals surface area (Å²) in [5.41, 5.74) is 4.28. The van der Waals surface area contributed by atoms with Crippen molar-refractivity contribution >= 4 is 53.7 Å². The lowest BCUT2D eigenvalue weighted by atomic mass is 10.1. The number of pyridine rings is 2. The Morgan fingerprint density at radius 3 is 1.09 bits per heavy atom. The van der Waals surface area contributed by atoms with Gasteiger partial charge in [0.2, 0.25) is 0 Å². The van der Waals surface area contributed by atoms with Crippen LogP contribution < -0.4 is 0 Å². The van der Waals surface area contributed by atoms with Gasteiger partial charge in [-0.15, -0.1) is 0 Å². The fourth-order valence-electron chi connectivity index (χ4n) is 5.98. The highest BCUT2D eigenvalue weighted by Gasteiger charge is 2.49. The van der Waals surface area contributed by atoms with Crippen molar-refractivity contribution in [3.8, 4) is 0 Å². The molecule has 0 saturated heterocycles. The van der Waals surface area contributed by atoms with Gasteiger partial charge in [0.25, 0.3) is 0 Å². The van der Waals surface area contributed by atoms with Gasteiger partial charge in [-0.25, -0.2) is 43.2 Å². The molecule has 0 radical (unpaired) electrons. The molecule has 0 fully saturated rings. The number of carbonyl (C=O) groups is 9. The maximum absolute atomic E-state index is 12.2. The molecule has 0 aromatic carbocycles. The number of alkyl halides is 9. The van der Waals surface area contributed by atoms with E-state index in [9.17, 15) is 82.7 Å². The molecule has 5 rings (SSSR count). The highest BCUT2D eigenvalue weighted by atomic mass is 19.4. The van der Waals surface area contributed by atoms with Gasteiger partial charge in [-0.2, -0.15) is 39.5 Å². The number of hydrogen-bond acceptors (Lipinski definition) is 18. The van der Waals surface area contributed by atoms with Crippen LogP contribution in [0.1, 0.15) is 128 Å². The molecule has 0 amide bonds. The highest BCUT2D eigenvalue weighted by molar-refractivity contribution is 6.02. The molecular weight excluding hydrogens is 1090 g/mol. The van der Waals surface area contributed by atoms with Crippen LogP contribution in [0, 0.1) is 41.5 Å². The summed E-state index contributed by atoms with van der Waals surface area (Å²) < 4.78 is 129. The number of nitrogens with zero attached hydrogens (tertiary/aromatic N) is 2. The topological polar surface area (TPSA) is 323 Å². The Labute approximate surface area is 440 Å². The van der Waals surface area contributed by atoms with Crippen molar-refractivity contribution in [2.24, 2.45) is 0 Å². The number of hydrogen-bond donors (Lipinski definition) is 5. The second-order valence-corrected chi connectivity index (χ2v) is 15.1. The number of aromatic amines is 3.